The monoisotopic (exact) mass is 217 g/mol. The molecule has 0 fully saturated rings. The SMILES string of the molecule is CCc1ccc(C(C)(N)C(F)(F)F)cc1. The molecule has 1 rings (SSSR count). The van der Waals surface area contributed by atoms with Gasteiger partial charge in [-0.25, -0.2) is 0 Å². The largest absolute Gasteiger partial charge is 0.410 e. The van der Waals surface area contributed by atoms with Crippen molar-refractivity contribution in [3.05, 3.63) is 35.4 Å². The molecule has 1 nitrogen and oxygen atoms in total. The molecule has 0 radical (unpaired) electrons. The number of rotatable bonds is 2. The fourth-order valence-corrected chi connectivity index (χ4v) is 1.25. The van der Waals surface area contributed by atoms with E-state index in [1.165, 1.54) is 12.1 Å². The zero-order valence-electron chi connectivity index (χ0n) is 8.73. The smallest absolute Gasteiger partial charge is 0.314 e. The van der Waals surface area contributed by atoms with Crippen molar-refractivity contribution in [3.8, 4) is 0 Å². The molecule has 0 aliphatic heterocycles. The predicted molar refractivity (Wildman–Crippen MR) is 53.4 cm³/mol. The fraction of sp³-hybridized carbons (Fsp3) is 0.455. The highest BCUT2D eigenvalue weighted by Gasteiger charge is 2.49. The number of nitrogens with two attached hydrogens (primary N) is 1. The summed E-state index contributed by atoms with van der Waals surface area (Å²) in [6.45, 7) is 2.92. The molecule has 1 aromatic rings. The normalized spacial score (nSPS) is 16.1. The topological polar surface area (TPSA) is 26.0 Å². The van der Waals surface area contributed by atoms with E-state index < -0.39 is 11.7 Å². The van der Waals surface area contributed by atoms with Crippen molar-refractivity contribution in [1.82, 2.24) is 0 Å². The third-order valence-electron chi connectivity index (χ3n) is 2.55. The average Bonchev–Trinajstić information content (AvgIpc) is 2.16. The second kappa shape index (κ2) is 3.85. The Labute approximate surface area is 87.1 Å². The summed E-state index contributed by atoms with van der Waals surface area (Å²) in [5.74, 6) is 0. The van der Waals surface area contributed by atoms with Crippen molar-refractivity contribution in [2.75, 3.05) is 0 Å². The van der Waals surface area contributed by atoms with Crippen LogP contribution in [0.5, 0.6) is 0 Å². The maximum atomic E-state index is 12.6. The van der Waals surface area contributed by atoms with Gasteiger partial charge in [0.2, 0.25) is 0 Å². The maximum absolute atomic E-state index is 12.6. The Morgan fingerprint density at radius 1 is 1.13 bits per heavy atom. The Morgan fingerprint density at radius 2 is 1.60 bits per heavy atom. The summed E-state index contributed by atoms with van der Waals surface area (Å²) < 4.78 is 37.7. The van der Waals surface area contributed by atoms with Gasteiger partial charge in [0.25, 0.3) is 0 Å². The minimum atomic E-state index is -4.43. The summed E-state index contributed by atoms with van der Waals surface area (Å²) >= 11 is 0. The minimum absolute atomic E-state index is 0.0900. The quantitative estimate of drug-likeness (QED) is 0.809. The van der Waals surface area contributed by atoms with Gasteiger partial charge in [-0.2, -0.15) is 13.2 Å². The van der Waals surface area contributed by atoms with Crippen LogP contribution in [0.3, 0.4) is 0 Å². The van der Waals surface area contributed by atoms with Crippen LogP contribution in [0.15, 0.2) is 24.3 Å². The van der Waals surface area contributed by atoms with Crippen LogP contribution in [0.25, 0.3) is 0 Å². The Balaban J connectivity index is 3.06. The molecule has 0 saturated heterocycles. The first-order valence-corrected chi connectivity index (χ1v) is 4.74. The van der Waals surface area contributed by atoms with Crippen molar-refractivity contribution in [1.29, 1.82) is 0 Å². The van der Waals surface area contributed by atoms with Gasteiger partial charge in [-0.15, -0.1) is 0 Å². The number of benzene rings is 1. The number of aryl methyl sites for hydroxylation is 1. The van der Waals surface area contributed by atoms with Crippen LogP contribution in [0, 0.1) is 0 Å². The molecule has 84 valence electrons. The lowest BCUT2D eigenvalue weighted by atomic mass is 9.91. The van der Waals surface area contributed by atoms with Gasteiger partial charge in [0.15, 0.2) is 0 Å². The molecule has 2 N–H and O–H groups in total. The third kappa shape index (κ3) is 2.31. The van der Waals surface area contributed by atoms with Gasteiger partial charge in [-0.05, 0) is 24.5 Å². The Morgan fingerprint density at radius 3 is 1.93 bits per heavy atom. The molecule has 1 unspecified atom stereocenters. The molecule has 15 heavy (non-hydrogen) atoms. The van der Waals surface area contributed by atoms with Crippen molar-refractivity contribution >= 4 is 0 Å². The van der Waals surface area contributed by atoms with E-state index in [0.717, 1.165) is 18.9 Å². The van der Waals surface area contributed by atoms with E-state index in [0.29, 0.717) is 0 Å². The molecule has 0 aliphatic rings. The van der Waals surface area contributed by atoms with E-state index in [4.69, 9.17) is 5.73 Å². The molecule has 1 aromatic carbocycles. The molecule has 0 aliphatic carbocycles. The molecular formula is C11H14F3N. The molecule has 0 aromatic heterocycles. The van der Waals surface area contributed by atoms with Crippen molar-refractivity contribution in [2.45, 2.75) is 32.0 Å². The first-order chi connectivity index (χ1) is 6.79. The van der Waals surface area contributed by atoms with Gasteiger partial charge in [-0.3, -0.25) is 0 Å². The van der Waals surface area contributed by atoms with E-state index in [2.05, 4.69) is 0 Å². The number of alkyl halides is 3. The van der Waals surface area contributed by atoms with Gasteiger partial charge < -0.3 is 5.73 Å². The van der Waals surface area contributed by atoms with E-state index in [1.54, 1.807) is 12.1 Å². The van der Waals surface area contributed by atoms with Crippen LogP contribution < -0.4 is 5.73 Å². The summed E-state index contributed by atoms with van der Waals surface area (Å²) in [4.78, 5) is 0. The standard InChI is InChI=1S/C11H14F3N/c1-3-8-4-6-9(7-5-8)10(2,15)11(12,13)14/h4-7H,3,15H2,1-2H3. The number of hydrogen-bond donors (Lipinski definition) is 1. The van der Waals surface area contributed by atoms with E-state index >= 15 is 0 Å². The van der Waals surface area contributed by atoms with Crippen LogP contribution in [0.1, 0.15) is 25.0 Å². The second-order valence-electron chi connectivity index (χ2n) is 3.75. The van der Waals surface area contributed by atoms with Crippen LogP contribution in [-0.4, -0.2) is 6.18 Å². The average molecular weight is 217 g/mol. The summed E-state index contributed by atoms with van der Waals surface area (Å²) in [5.41, 5.74) is 4.09. The molecule has 0 heterocycles. The zero-order chi connectivity index (χ0) is 11.7. The van der Waals surface area contributed by atoms with Crippen LogP contribution in [0.4, 0.5) is 13.2 Å². The highest BCUT2D eigenvalue weighted by molar-refractivity contribution is 5.29. The number of hydrogen-bond acceptors (Lipinski definition) is 1. The molecule has 4 heteroatoms. The van der Waals surface area contributed by atoms with Gasteiger partial charge in [-0.1, -0.05) is 31.2 Å². The van der Waals surface area contributed by atoms with E-state index in [9.17, 15) is 13.2 Å². The highest BCUT2D eigenvalue weighted by atomic mass is 19.4. The molecule has 0 spiro atoms. The van der Waals surface area contributed by atoms with Gasteiger partial charge >= 0.3 is 6.18 Å². The summed E-state index contributed by atoms with van der Waals surface area (Å²) in [6.07, 6.45) is -3.63. The lowest BCUT2D eigenvalue weighted by Crippen LogP contribution is -2.47. The van der Waals surface area contributed by atoms with E-state index in [1.807, 2.05) is 6.92 Å². The molecular weight excluding hydrogens is 203 g/mol. The van der Waals surface area contributed by atoms with E-state index in [-0.39, 0.29) is 5.56 Å². The molecule has 0 saturated carbocycles. The van der Waals surface area contributed by atoms with Gasteiger partial charge in [0, 0.05) is 0 Å². The molecule has 1 atom stereocenters. The summed E-state index contributed by atoms with van der Waals surface area (Å²) in [5, 5.41) is 0. The summed E-state index contributed by atoms with van der Waals surface area (Å²) in [6, 6.07) is 6.22. The lowest BCUT2D eigenvalue weighted by Gasteiger charge is -2.28. The van der Waals surface area contributed by atoms with Gasteiger partial charge in [0.05, 0.1) is 0 Å². The first-order valence-electron chi connectivity index (χ1n) is 4.74. The Hall–Kier alpha value is -1.03. The van der Waals surface area contributed by atoms with Crippen LogP contribution in [-0.2, 0) is 12.0 Å². The lowest BCUT2D eigenvalue weighted by molar-refractivity contribution is -0.184. The molecule has 0 bridgehead atoms. The maximum Gasteiger partial charge on any atom is 0.410 e. The van der Waals surface area contributed by atoms with Crippen LogP contribution >= 0.6 is 0 Å². The van der Waals surface area contributed by atoms with Crippen molar-refractivity contribution < 1.29 is 13.2 Å². The summed E-state index contributed by atoms with van der Waals surface area (Å²) in [7, 11) is 0. The fourth-order valence-electron chi connectivity index (χ4n) is 1.25. The third-order valence-corrected chi connectivity index (χ3v) is 2.55. The minimum Gasteiger partial charge on any atom is -0.314 e. The van der Waals surface area contributed by atoms with Crippen LogP contribution in [0.2, 0.25) is 0 Å². The first kappa shape index (κ1) is 12.0. The number of halogens is 3. The predicted octanol–water partition coefficient (Wildman–Crippen LogP) is 2.99. The van der Waals surface area contributed by atoms with Gasteiger partial charge in [0.1, 0.15) is 5.54 Å². The highest BCUT2D eigenvalue weighted by Crippen LogP contribution is 2.36. The zero-order valence-corrected chi connectivity index (χ0v) is 8.73. The second-order valence-corrected chi connectivity index (χ2v) is 3.75. The van der Waals surface area contributed by atoms with Crippen molar-refractivity contribution in [2.24, 2.45) is 5.73 Å². The Bertz CT molecular complexity index is 325. The van der Waals surface area contributed by atoms with Crippen molar-refractivity contribution in [3.63, 3.8) is 0 Å². The Kier molecular flexibility index (Phi) is 3.09. The molecule has 0 amide bonds.